The highest BCUT2D eigenvalue weighted by atomic mass is 16.5. The van der Waals surface area contributed by atoms with Crippen molar-refractivity contribution in [2.45, 2.75) is 20.3 Å². The number of esters is 2. The van der Waals surface area contributed by atoms with Crippen molar-refractivity contribution < 1.29 is 19.1 Å². The average Bonchev–Trinajstić information content (AvgIpc) is 2.71. The highest BCUT2D eigenvalue weighted by Gasteiger charge is 2.49. The second-order valence-electron chi connectivity index (χ2n) is 3.62. The maximum Gasteiger partial charge on any atom is 0.302 e. The predicted octanol–water partition coefficient (Wildman–Crippen LogP) is 1.06. The molecule has 0 heterocycles. The van der Waals surface area contributed by atoms with Crippen LogP contribution in [-0.4, -0.2) is 25.2 Å². The van der Waals surface area contributed by atoms with Crippen molar-refractivity contribution in [2.75, 3.05) is 13.2 Å². The van der Waals surface area contributed by atoms with E-state index in [0.717, 1.165) is 12.0 Å². The Kier molecular flexibility index (Phi) is 2.93. The molecule has 0 aromatic carbocycles. The van der Waals surface area contributed by atoms with Crippen LogP contribution in [0.15, 0.2) is 12.2 Å². The van der Waals surface area contributed by atoms with Crippen molar-refractivity contribution in [3.05, 3.63) is 12.2 Å². The lowest BCUT2D eigenvalue weighted by atomic mass is 10.1. The number of hydrogen-bond donors (Lipinski definition) is 0. The molecule has 4 nitrogen and oxygen atoms in total. The summed E-state index contributed by atoms with van der Waals surface area (Å²) in [6.07, 6.45) is 0.758. The van der Waals surface area contributed by atoms with E-state index in [1.807, 2.05) is 0 Å². The predicted molar refractivity (Wildman–Crippen MR) is 49.5 cm³/mol. The smallest absolute Gasteiger partial charge is 0.302 e. The van der Waals surface area contributed by atoms with Gasteiger partial charge in [0.2, 0.25) is 0 Å². The third kappa shape index (κ3) is 2.58. The van der Waals surface area contributed by atoms with Gasteiger partial charge in [-0.15, -0.1) is 0 Å². The van der Waals surface area contributed by atoms with Gasteiger partial charge in [0.15, 0.2) is 0 Å². The van der Waals surface area contributed by atoms with Gasteiger partial charge in [-0.25, -0.2) is 0 Å². The summed E-state index contributed by atoms with van der Waals surface area (Å²) in [6.45, 7) is 7.01. The van der Waals surface area contributed by atoms with E-state index in [0.29, 0.717) is 0 Å². The Labute approximate surface area is 82.9 Å². The van der Waals surface area contributed by atoms with Crippen molar-refractivity contribution >= 4 is 11.9 Å². The van der Waals surface area contributed by atoms with Crippen LogP contribution in [0.1, 0.15) is 20.3 Å². The maximum atomic E-state index is 10.6. The normalized spacial score (nSPS) is 17.4. The Bertz CT molecular complexity index is 262. The van der Waals surface area contributed by atoms with Gasteiger partial charge < -0.3 is 9.47 Å². The molecule has 0 atom stereocenters. The summed E-state index contributed by atoms with van der Waals surface area (Å²) in [7, 11) is 0. The van der Waals surface area contributed by atoms with Crippen LogP contribution in [0.25, 0.3) is 0 Å². The lowest BCUT2D eigenvalue weighted by molar-refractivity contribution is -0.146. The molecule has 0 radical (unpaired) electrons. The quantitative estimate of drug-likeness (QED) is 0.500. The fourth-order valence-corrected chi connectivity index (χ4v) is 1.19. The Morgan fingerprint density at radius 1 is 1.29 bits per heavy atom. The highest BCUT2D eigenvalue weighted by Crippen LogP contribution is 2.51. The van der Waals surface area contributed by atoms with E-state index < -0.39 is 0 Å². The lowest BCUT2D eigenvalue weighted by Gasteiger charge is -2.13. The standard InChI is InChI=1S/C10H14O4/c1-7-4-10(7,5-13-8(2)11)6-14-9(3)12/h1,4-6H2,2-3H3. The van der Waals surface area contributed by atoms with E-state index in [1.54, 1.807) is 0 Å². The third-order valence-electron chi connectivity index (χ3n) is 2.28. The topological polar surface area (TPSA) is 52.6 Å². The van der Waals surface area contributed by atoms with Crippen LogP contribution in [-0.2, 0) is 19.1 Å². The zero-order chi connectivity index (χ0) is 10.8. The molecule has 1 fully saturated rings. The number of carbonyl (C=O) groups excluding carboxylic acids is 2. The summed E-state index contributed by atoms with van der Waals surface area (Å²) >= 11 is 0. The van der Waals surface area contributed by atoms with E-state index in [4.69, 9.17) is 9.47 Å². The molecule has 0 aliphatic heterocycles. The summed E-state index contributed by atoms with van der Waals surface area (Å²) in [6, 6.07) is 0. The number of hydrogen-bond acceptors (Lipinski definition) is 4. The molecule has 0 aromatic rings. The van der Waals surface area contributed by atoms with Crippen LogP contribution in [0.2, 0.25) is 0 Å². The minimum atomic E-state index is -0.327. The van der Waals surface area contributed by atoms with Gasteiger partial charge >= 0.3 is 11.9 Å². The van der Waals surface area contributed by atoms with Crippen LogP contribution < -0.4 is 0 Å². The summed E-state index contributed by atoms with van der Waals surface area (Å²) in [4.78, 5) is 21.2. The fourth-order valence-electron chi connectivity index (χ4n) is 1.19. The zero-order valence-electron chi connectivity index (χ0n) is 8.46. The van der Waals surface area contributed by atoms with Crippen LogP contribution in [0.4, 0.5) is 0 Å². The Hall–Kier alpha value is -1.32. The lowest BCUT2D eigenvalue weighted by Crippen LogP contribution is -2.21. The Morgan fingerprint density at radius 3 is 1.86 bits per heavy atom. The van der Waals surface area contributed by atoms with Crippen molar-refractivity contribution in [2.24, 2.45) is 5.41 Å². The summed E-state index contributed by atoms with van der Waals surface area (Å²) in [5, 5.41) is 0. The molecular weight excluding hydrogens is 184 g/mol. The van der Waals surface area contributed by atoms with E-state index in [1.165, 1.54) is 13.8 Å². The molecule has 0 saturated heterocycles. The zero-order valence-corrected chi connectivity index (χ0v) is 8.46. The minimum Gasteiger partial charge on any atom is -0.465 e. The third-order valence-corrected chi connectivity index (χ3v) is 2.28. The second kappa shape index (κ2) is 3.82. The first-order valence-corrected chi connectivity index (χ1v) is 4.41. The first kappa shape index (κ1) is 10.8. The molecule has 0 bridgehead atoms. The van der Waals surface area contributed by atoms with Crippen molar-refractivity contribution in [3.8, 4) is 0 Å². The van der Waals surface area contributed by atoms with E-state index >= 15 is 0 Å². The molecule has 78 valence electrons. The van der Waals surface area contributed by atoms with Gasteiger partial charge in [-0.05, 0) is 6.42 Å². The van der Waals surface area contributed by atoms with Crippen molar-refractivity contribution in [1.29, 1.82) is 0 Å². The second-order valence-corrected chi connectivity index (χ2v) is 3.62. The molecule has 1 saturated carbocycles. The number of rotatable bonds is 4. The molecule has 1 aliphatic carbocycles. The molecule has 14 heavy (non-hydrogen) atoms. The highest BCUT2D eigenvalue weighted by molar-refractivity contribution is 5.67. The first-order valence-electron chi connectivity index (χ1n) is 4.41. The van der Waals surface area contributed by atoms with Crippen LogP contribution >= 0.6 is 0 Å². The van der Waals surface area contributed by atoms with Crippen LogP contribution in [0.5, 0.6) is 0 Å². The molecule has 4 heteroatoms. The van der Waals surface area contributed by atoms with Crippen LogP contribution in [0, 0.1) is 5.41 Å². The Morgan fingerprint density at radius 2 is 1.64 bits per heavy atom. The largest absolute Gasteiger partial charge is 0.465 e. The van der Waals surface area contributed by atoms with Gasteiger partial charge in [-0.3, -0.25) is 9.59 Å². The number of carbonyl (C=O) groups is 2. The van der Waals surface area contributed by atoms with Crippen LogP contribution in [0.3, 0.4) is 0 Å². The molecule has 0 aromatic heterocycles. The molecule has 0 N–H and O–H groups in total. The Balaban J connectivity index is 2.39. The van der Waals surface area contributed by atoms with Gasteiger partial charge in [0.05, 0.1) is 5.41 Å². The molecular formula is C10H14O4. The summed E-state index contributed by atoms with van der Waals surface area (Å²) in [5.74, 6) is -0.654. The van der Waals surface area contributed by atoms with Crippen molar-refractivity contribution in [1.82, 2.24) is 0 Å². The molecule has 0 spiro atoms. The SMILES string of the molecule is C=C1CC1(COC(C)=O)COC(C)=O. The summed E-state index contributed by atoms with van der Waals surface area (Å²) < 4.78 is 9.76. The fraction of sp³-hybridized carbons (Fsp3) is 0.600. The van der Waals surface area contributed by atoms with E-state index in [-0.39, 0.29) is 30.6 Å². The van der Waals surface area contributed by atoms with Gasteiger partial charge in [-0.2, -0.15) is 0 Å². The number of ether oxygens (including phenoxy) is 2. The van der Waals surface area contributed by atoms with Gasteiger partial charge in [0, 0.05) is 13.8 Å². The molecule has 1 aliphatic rings. The van der Waals surface area contributed by atoms with E-state index in [2.05, 4.69) is 6.58 Å². The molecule has 1 rings (SSSR count). The molecule has 0 unspecified atom stereocenters. The average molecular weight is 198 g/mol. The van der Waals surface area contributed by atoms with Gasteiger partial charge in [0.1, 0.15) is 13.2 Å². The molecule has 0 amide bonds. The van der Waals surface area contributed by atoms with Crippen molar-refractivity contribution in [3.63, 3.8) is 0 Å². The first-order chi connectivity index (χ1) is 6.46. The van der Waals surface area contributed by atoms with Gasteiger partial charge in [0.25, 0.3) is 0 Å². The minimum absolute atomic E-state index is 0.258. The van der Waals surface area contributed by atoms with Gasteiger partial charge in [-0.1, -0.05) is 12.2 Å². The van der Waals surface area contributed by atoms with E-state index in [9.17, 15) is 9.59 Å². The summed E-state index contributed by atoms with van der Waals surface area (Å²) in [5.41, 5.74) is 0.664. The maximum absolute atomic E-state index is 10.6. The monoisotopic (exact) mass is 198 g/mol.